The van der Waals surface area contributed by atoms with Crippen LogP contribution >= 0.6 is 0 Å². The molecular formula is C10H14N6O. The van der Waals surface area contributed by atoms with Gasteiger partial charge in [-0.3, -0.25) is 0 Å². The molecule has 0 saturated carbocycles. The molecule has 2 aromatic rings. The summed E-state index contributed by atoms with van der Waals surface area (Å²) in [5, 5.41) is 6.64. The van der Waals surface area contributed by atoms with E-state index in [-0.39, 0.29) is 12.1 Å². The van der Waals surface area contributed by atoms with Gasteiger partial charge in [0.2, 0.25) is 0 Å². The summed E-state index contributed by atoms with van der Waals surface area (Å²) in [6.45, 7) is 1.71. The van der Waals surface area contributed by atoms with E-state index in [0.717, 1.165) is 24.4 Å². The Morgan fingerprint density at radius 1 is 1.35 bits per heavy atom. The van der Waals surface area contributed by atoms with Crippen LogP contribution in [0.1, 0.15) is 0 Å². The minimum atomic E-state index is 0.155. The van der Waals surface area contributed by atoms with E-state index in [0.29, 0.717) is 5.65 Å². The summed E-state index contributed by atoms with van der Waals surface area (Å²) in [4.78, 5) is 15.4. The molecule has 7 nitrogen and oxygen atoms in total. The quantitative estimate of drug-likeness (QED) is 0.679. The number of nitrogens with zero attached hydrogens (tertiary/aromatic N) is 3. The fraction of sp³-hybridized carbons (Fsp3) is 0.500. The predicted octanol–water partition coefficient (Wildman–Crippen LogP) is -0.248. The van der Waals surface area contributed by atoms with Crippen LogP contribution in [0.15, 0.2) is 12.7 Å². The number of anilines is 1. The number of fused-ring (bicyclic) bond motifs is 1. The first-order valence-electron chi connectivity index (χ1n) is 5.52. The summed E-state index contributed by atoms with van der Waals surface area (Å²) in [6, 6.07) is 0.210. The maximum absolute atomic E-state index is 5.40. The zero-order chi connectivity index (χ0) is 11.7. The van der Waals surface area contributed by atoms with Crippen molar-refractivity contribution in [1.29, 1.82) is 0 Å². The largest absolute Gasteiger partial charge is 0.378 e. The molecule has 0 aliphatic carbocycles. The summed E-state index contributed by atoms with van der Waals surface area (Å²) < 4.78 is 5.40. The molecule has 1 saturated heterocycles. The summed E-state index contributed by atoms with van der Waals surface area (Å²) >= 11 is 0. The number of ether oxygens (including phenoxy) is 1. The average molecular weight is 234 g/mol. The highest BCUT2D eigenvalue weighted by molar-refractivity contribution is 5.82. The zero-order valence-electron chi connectivity index (χ0n) is 9.47. The SMILES string of the molecule is CO[C@H]1CNCC1Nc1ncnc2nc[nH]c12. The van der Waals surface area contributed by atoms with Crippen LogP contribution in [0.3, 0.4) is 0 Å². The van der Waals surface area contributed by atoms with Crippen LogP contribution in [-0.4, -0.2) is 52.3 Å². The molecule has 0 radical (unpaired) electrons. The van der Waals surface area contributed by atoms with E-state index in [1.165, 1.54) is 6.33 Å². The van der Waals surface area contributed by atoms with Crippen molar-refractivity contribution in [2.24, 2.45) is 0 Å². The van der Waals surface area contributed by atoms with Gasteiger partial charge in [-0.1, -0.05) is 0 Å². The van der Waals surface area contributed by atoms with Gasteiger partial charge in [-0.15, -0.1) is 0 Å². The van der Waals surface area contributed by atoms with E-state index >= 15 is 0 Å². The fourth-order valence-electron chi connectivity index (χ4n) is 2.10. The minimum absolute atomic E-state index is 0.155. The van der Waals surface area contributed by atoms with Crippen molar-refractivity contribution < 1.29 is 4.74 Å². The number of H-pyrrole nitrogens is 1. The Labute approximate surface area is 98.0 Å². The highest BCUT2D eigenvalue weighted by Crippen LogP contribution is 2.17. The standard InChI is InChI=1S/C10H14N6O/c1-17-7-3-11-2-6(7)16-10-8-9(13-4-12-8)14-5-15-10/h4-7,11H,2-3H2,1H3,(H2,12,13,14,15,16)/t6?,7-/m0/s1. The molecule has 0 aromatic carbocycles. The number of methoxy groups -OCH3 is 1. The average Bonchev–Trinajstić information content (AvgIpc) is 2.97. The van der Waals surface area contributed by atoms with Crippen molar-refractivity contribution in [1.82, 2.24) is 25.3 Å². The summed E-state index contributed by atoms with van der Waals surface area (Å²) in [6.07, 6.45) is 3.28. The topological polar surface area (TPSA) is 87.8 Å². The number of imidazole rings is 1. The van der Waals surface area contributed by atoms with Crippen molar-refractivity contribution in [3.63, 3.8) is 0 Å². The van der Waals surface area contributed by atoms with Crippen LogP contribution < -0.4 is 10.6 Å². The Kier molecular flexibility index (Phi) is 2.62. The van der Waals surface area contributed by atoms with Gasteiger partial charge in [-0.2, -0.15) is 0 Å². The predicted molar refractivity (Wildman–Crippen MR) is 62.8 cm³/mol. The van der Waals surface area contributed by atoms with Crippen molar-refractivity contribution in [3.05, 3.63) is 12.7 Å². The van der Waals surface area contributed by atoms with Crippen LogP contribution in [0, 0.1) is 0 Å². The molecule has 2 atom stereocenters. The first kappa shape index (κ1) is 10.4. The Hall–Kier alpha value is -1.73. The van der Waals surface area contributed by atoms with Crippen LogP contribution in [-0.2, 0) is 4.74 Å². The van der Waals surface area contributed by atoms with E-state index in [9.17, 15) is 0 Å². The van der Waals surface area contributed by atoms with E-state index in [1.807, 2.05) is 0 Å². The second kappa shape index (κ2) is 4.27. The van der Waals surface area contributed by atoms with Gasteiger partial charge < -0.3 is 20.4 Å². The molecule has 17 heavy (non-hydrogen) atoms. The van der Waals surface area contributed by atoms with Crippen molar-refractivity contribution in [2.45, 2.75) is 12.1 Å². The Morgan fingerprint density at radius 2 is 2.29 bits per heavy atom. The Balaban J connectivity index is 1.87. The second-order valence-corrected chi connectivity index (χ2v) is 4.01. The van der Waals surface area contributed by atoms with Crippen molar-refractivity contribution in [3.8, 4) is 0 Å². The molecule has 1 aliphatic rings. The lowest BCUT2D eigenvalue weighted by molar-refractivity contribution is 0.111. The second-order valence-electron chi connectivity index (χ2n) is 4.01. The number of aromatic amines is 1. The highest BCUT2D eigenvalue weighted by Gasteiger charge is 2.27. The third-order valence-corrected chi connectivity index (χ3v) is 3.01. The Morgan fingerprint density at radius 3 is 3.18 bits per heavy atom. The first-order chi connectivity index (χ1) is 8.38. The number of rotatable bonds is 3. The van der Waals surface area contributed by atoms with Crippen LogP contribution in [0.2, 0.25) is 0 Å². The summed E-state index contributed by atoms with van der Waals surface area (Å²) in [5.41, 5.74) is 1.50. The summed E-state index contributed by atoms with van der Waals surface area (Å²) in [5.74, 6) is 0.767. The zero-order valence-corrected chi connectivity index (χ0v) is 9.47. The molecule has 3 rings (SSSR count). The van der Waals surface area contributed by atoms with E-state index in [2.05, 4.69) is 30.6 Å². The summed E-state index contributed by atoms with van der Waals surface area (Å²) in [7, 11) is 1.72. The number of hydrogen-bond donors (Lipinski definition) is 3. The lowest BCUT2D eigenvalue weighted by Crippen LogP contribution is -2.33. The third kappa shape index (κ3) is 1.83. The number of nitrogens with one attached hydrogen (secondary N) is 3. The molecule has 7 heteroatoms. The van der Waals surface area contributed by atoms with Crippen molar-refractivity contribution >= 4 is 17.0 Å². The third-order valence-electron chi connectivity index (χ3n) is 3.01. The van der Waals surface area contributed by atoms with Gasteiger partial charge in [-0.05, 0) is 0 Å². The molecule has 2 aromatic heterocycles. The molecule has 90 valence electrons. The van der Waals surface area contributed by atoms with E-state index in [4.69, 9.17) is 4.74 Å². The molecular weight excluding hydrogens is 220 g/mol. The van der Waals surface area contributed by atoms with Gasteiger partial charge in [0.25, 0.3) is 0 Å². The number of aromatic nitrogens is 4. The lowest BCUT2D eigenvalue weighted by Gasteiger charge is -2.19. The molecule has 0 amide bonds. The lowest BCUT2D eigenvalue weighted by atomic mass is 10.2. The molecule has 0 spiro atoms. The van der Waals surface area contributed by atoms with E-state index < -0.39 is 0 Å². The van der Waals surface area contributed by atoms with Gasteiger partial charge >= 0.3 is 0 Å². The molecule has 1 unspecified atom stereocenters. The van der Waals surface area contributed by atoms with Crippen LogP contribution in [0.4, 0.5) is 5.82 Å². The van der Waals surface area contributed by atoms with Crippen LogP contribution in [0.25, 0.3) is 11.2 Å². The van der Waals surface area contributed by atoms with Crippen LogP contribution in [0.5, 0.6) is 0 Å². The molecule has 1 fully saturated rings. The van der Waals surface area contributed by atoms with Gasteiger partial charge in [0, 0.05) is 20.2 Å². The highest BCUT2D eigenvalue weighted by atomic mass is 16.5. The number of hydrogen-bond acceptors (Lipinski definition) is 6. The molecule has 3 heterocycles. The normalized spacial score (nSPS) is 24.3. The Bertz CT molecular complexity index is 512. The molecule has 3 N–H and O–H groups in total. The minimum Gasteiger partial charge on any atom is -0.378 e. The van der Waals surface area contributed by atoms with Gasteiger partial charge in [0.05, 0.1) is 18.5 Å². The van der Waals surface area contributed by atoms with Gasteiger partial charge in [-0.25, -0.2) is 15.0 Å². The van der Waals surface area contributed by atoms with E-state index in [1.54, 1.807) is 13.4 Å². The maximum Gasteiger partial charge on any atom is 0.182 e. The van der Waals surface area contributed by atoms with Crippen molar-refractivity contribution in [2.75, 3.05) is 25.5 Å². The molecule has 0 bridgehead atoms. The fourth-order valence-corrected chi connectivity index (χ4v) is 2.10. The maximum atomic E-state index is 5.40. The molecule has 1 aliphatic heterocycles. The van der Waals surface area contributed by atoms with Gasteiger partial charge in [0.15, 0.2) is 11.5 Å². The monoisotopic (exact) mass is 234 g/mol. The first-order valence-corrected chi connectivity index (χ1v) is 5.52. The van der Waals surface area contributed by atoms with Gasteiger partial charge in [0.1, 0.15) is 11.8 Å². The smallest absolute Gasteiger partial charge is 0.182 e.